The van der Waals surface area contributed by atoms with Crippen molar-refractivity contribution in [1.29, 1.82) is 0 Å². The van der Waals surface area contributed by atoms with E-state index in [-0.39, 0.29) is 11.9 Å². The second-order valence-corrected chi connectivity index (χ2v) is 3.68. The molecule has 15 heavy (non-hydrogen) atoms. The fourth-order valence-electron chi connectivity index (χ4n) is 0.885. The summed E-state index contributed by atoms with van der Waals surface area (Å²) in [7, 11) is 0. The van der Waals surface area contributed by atoms with Crippen LogP contribution in [0.2, 0.25) is 0 Å². The average Bonchev–Trinajstić information content (AvgIpc) is 2.63. The first-order valence-corrected chi connectivity index (χ1v) is 5.99. The van der Waals surface area contributed by atoms with Crippen LogP contribution >= 0.6 is 11.8 Å². The first kappa shape index (κ1) is 11.8. The van der Waals surface area contributed by atoms with E-state index in [9.17, 15) is 4.79 Å². The Morgan fingerprint density at radius 3 is 3.13 bits per heavy atom. The van der Waals surface area contributed by atoms with Gasteiger partial charge in [0.25, 0.3) is 0 Å². The molecule has 6 nitrogen and oxygen atoms in total. The number of aromatic nitrogens is 3. The Labute approximate surface area is 92.2 Å². The number of anilines is 1. The number of carbonyl (C=O) groups is 1. The van der Waals surface area contributed by atoms with Gasteiger partial charge in [-0.3, -0.25) is 10.1 Å². The Bertz CT molecular complexity index is 315. The van der Waals surface area contributed by atoms with Crippen molar-refractivity contribution in [2.45, 2.75) is 13.3 Å². The molecule has 0 unspecified atom stereocenters. The van der Waals surface area contributed by atoms with Crippen molar-refractivity contribution in [3.05, 3.63) is 0 Å². The molecule has 1 heterocycles. The van der Waals surface area contributed by atoms with Crippen LogP contribution in [0.25, 0.3) is 0 Å². The topological polar surface area (TPSA) is 79.9 Å². The van der Waals surface area contributed by atoms with E-state index in [4.69, 9.17) is 4.74 Å². The van der Waals surface area contributed by atoms with Crippen LogP contribution in [0.5, 0.6) is 6.01 Å². The minimum Gasteiger partial charge on any atom is -0.463 e. The smallest absolute Gasteiger partial charge is 0.337 e. The van der Waals surface area contributed by atoms with Crippen molar-refractivity contribution in [1.82, 2.24) is 15.2 Å². The molecule has 0 radical (unpaired) electrons. The van der Waals surface area contributed by atoms with Crippen LogP contribution in [0.1, 0.15) is 13.3 Å². The van der Waals surface area contributed by atoms with Gasteiger partial charge in [-0.1, -0.05) is 0 Å². The van der Waals surface area contributed by atoms with E-state index < -0.39 is 0 Å². The lowest BCUT2D eigenvalue weighted by molar-refractivity contribution is -0.115. The van der Waals surface area contributed by atoms with Crippen LogP contribution in [0.15, 0.2) is 0 Å². The molecule has 0 aliphatic rings. The predicted octanol–water partition coefficient (Wildman–Crippen LogP) is 0.895. The molecule has 0 aliphatic carbocycles. The molecule has 0 aromatic carbocycles. The third-order valence-corrected chi connectivity index (χ3v) is 2.14. The van der Waals surface area contributed by atoms with Gasteiger partial charge in [-0.2, -0.15) is 16.7 Å². The first-order valence-electron chi connectivity index (χ1n) is 4.60. The number of carbonyl (C=O) groups excluding carboxylic acids is 1. The summed E-state index contributed by atoms with van der Waals surface area (Å²) < 4.78 is 5.04. The summed E-state index contributed by atoms with van der Waals surface area (Å²) in [4.78, 5) is 15.2. The minimum atomic E-state index is -0.0800. The highest BCUT2D eigenvalue weighted by molar-refractivity contribution is 7.98. The third kappa shape index (κ3) is 4.20. The summed E-state index contributed by atoms with van der Waals surface area (Å²) in [5, 5.41) is 8.93. The van der Waals surface area contributed by atoms with E-state index in [1.54, 1.807) is 11.8 Å². The lowest BCUT2D eigenvalue weighted by Gasteiger charge is -1.98. The normalized spacial score (nSPS) is 10.0. The molecule has 1 aromatic heterocycles. The maximum atomic E-state index is 11.3. The van der Waals surface area contributed by atoms with Crippen molar-refractivity contribution in [3.8, 4) is 6.01 Å². The molecule has 0 spiro atoms. The average molecular weight is 230 g/mol. The molecule has 0 fully saturated rings. The molecule has 7 heteroatoms. The molecule has 2 N–H and O–H groups in total. The molecule has 0 bridgehead atoms. The number of rotatable bonds is 6. The highest BCUT2D eigenvalue weighted by Crippen LogP contribution is 2.06. The van der Waals surface area contributed by atoms with Gasteiger partial charge in [0.1, 0.15) is 0 Å². The van der Waals surface area contributed by atoms with Crippen LogP contribution in [0.4, 0.5) is 5.95 Å². The zero-order valence-corrected chi connectivity index (χ0v) is 9.56. The van der Waals surface area contributed by atoms with E-state index in [1.807, 2.05) is 13.2 Å². The number of hydrogen-bond acceptors (Lipinski definition) is 5. The monoisotopic (exact) mass is 230 g/mol. The van der Waals surface area contributed by atoms with Gasteiger partial charge >= 0.3 is 6.01 Å². The van der Waals surface area contributed by atoms with Crippen LogP contribution in [-0.4, -0.2) is 39.7 Å². The van der Waals surface area contributed by atoms with E-state index in [0.717, 1.165) is 5.75 Å². The van der Waals surface area contributed by atoms with Gasteiger partial charge in [0.05, 0.1) is 6.61 Å². The summed E-state index contributed by atoms with van der Waals surface area (Å²) >= 11 is 1.62. The van der Waals surface area contributed by atoms with Crippen molar-refractivity contribution in [2.75, 3.05) is 23.9 Å². The van der Waals surface area contributed by atoms with E-state index in [0.29, 0.717) is 19.0 Å². The van der Waals surface area contributed by atoms with Crippen LogP contribution in [0.3, 0.4) is 0 Å². The fraction of sp³-hybridized carbons (Fsp3) is 0.625. The molecular weight excluding hydrogens is 216 g/mol. The summed E-state index contributed by atoms with van der Waals surface area (Å²) in [6.45, 7) is 2.34. The van der Waals surface area contributed by atoms with Crippen LogP contribution in [-0.2, 0) is 4.79 Å². The number of ether oxygens (including phenoxy) is 1. The van der Waals surface area contributed by atoms with E-state index in [1.165, 1.54) is 0 Å². The van der Waals surface area contributed by atoms with Gasteiger partial charge in [-0.15, -0.1) is 5.10 Å². The Balaban J connectivity index is 2.39. The molecule has 0 aliphatic heterocycles. The van der Waals surface area contributed by atoms with E-state index in [2.05, 4.69) is 20.5 Å². The van der Waals surface area contributed by atoms with Gasteiger partial charge < -0.3 is 4.74 Å². The molecule has 1 rings (SSSR count). The lowest BCUT2D eigenvalue weighted by Crippen LogP contribution is -2.13. The second kappa shape index (κ2) is 6.28. The number of thioether (sulfide) groups is 1. The number of nitrogens with one attached hydrogen (secondary N) is 2. The largest absolute Gasteiger partial charge is 0.463 e. The highest BCUT2D eigenvalue weighted by Gasteiger charge is 2.06. The molecule has 1 aromatic rings. The Kier molecular flexibility index (Phi) is 4.96. The fourth-order valence-corrected chi connectivity index (χ4v) is 1.27. The van der Waals surface area contributed by atoms with Crippen molar-refractivity contribution in [3.63, 3.8) is 0 Å². The lowest BCUT2D eigenvalue weighted by atomic mass is 10.4. The Hall–Kier alpha value is -1.24. The number of nitrogens with zero attached hydrogens (tertiary/aromatic N) is 2. The zero-order chi connectivity index (χ0) is 11.1. The number of hydrogen-bond donors (Lipinski definition) is 2. The molecule has 1 amide bonds. The predicted molar refractivity (Wildman–Crippen MR) is 59.2 cm³/mol. The minimum absolute atomic E-state index is 0.0800. The summed E-state index contributed by atoms with van der Waals surface area (Å²) in [5.41, 5.74) is 0. The molecule has 0 atom stereocenters. The number of aromatic amines is 1. The van der Waals surface area contributed by atoms with Crippen LogP contribution < -0.4 is 10.1 Å². The Morgan fingerprint density at radius 1 is 1.67 bits per heavy atom. The summed E-state index contributed by atoms with van der Waals surface area (Å²) in [5.74, 6) is 1.03. The first-order chi connectivity index (χ1) is 7.26. The maximum Gasteiger partial charge on any atom is 0.337 e. The van der Waals surface area contributed by atoms with Crippen molar-refractivity contribution in [2.24, 2.45) is 0 Å². The molecule has 0 saturated carbocycles. The summed E-state index contributed by atoms with van der Waals surface area (Å²) in [6, 6.07) is 0.248. The van der Waals surface area contributed by atoms with Gasteiger partial charge in [0.15, 0.2) is 0 Å². The molecule has 0 saturated heterocycles. The third-order valence-electron chi connectivity index (χ3n) is 1.53. The second-order valence-electron chi connectivity index (χ2n) is 2.69. The number of H-pyrrole nitrogens is 1. The van der Waals surface area contributed by atoms with Crippen LogP contribution in [0, 0.1) is 0 Å². The Morgan fingerprint density at radius 2 is 2.47 bits per heavy atom. The van der Waals surface area contributed by atoms with Crippen molar-refractivity contribution >= 4 is 23.6 Å². The maximum absolute atomic E-state index is 11.3. The quantitative estimate of drug-likeness (QED) is 0.758. The SMILES string of the molecule is CCOc1n[nH]c(NC(=O)CCSC)n1. The standard InChI is InChI=1S/C8H14N4O2S/c1-3-14-8-10-7(11-12-8)9-6(13)4-5-15-2/h3-5H2,1-2H3,(H2,9,10,11,12,13). The van der Waals surface area contributed by atoms with Gasteiger partial charge in [-0.05, 0) is 13.2 Å². The highest BCUT2D eigenvalue weighted by atomic mass is 32.2. The summed E-state index contributed by atoms with van der Waals surface area (Å²) in [6.07, 6.45) is 2.42. The van der Waals surface area contributed by atoms with Gasteiger partial charge in [0.2, 0.25) is 11.9 Å². The van der Waals surface area contributed by atoms with E-state index >= 15 is 0 Å². The molecule has 84 valence electrons. The van der Waals surface area contributed by atoms with Crippen molar-refractivity contribution < 1.29 is 9.53 Å². The zero-order valence-electron chi connectivity index (χ0n) is 8.74. The number of amides is 1. The van der Waals surface area contributed by atoms with Gasteiger partial charge in [0, 0.05) is 12.2 Å². The molecular formula is C8H14N4O2S. The van der Waals surface area contributed by atoms with Gasteiger partial charge in [-0.25, -0.2) is 5.10 Å².